The molecule has 1 aliphatic heterocycles. The van der Waals surface area contributed by atoms with Crippen LogP contribution < -0.4 is 4.90 Å². The van der Waals surface area contributed by atoms with Gasteiger partial charge < -0.3 is 9.64 Å². The summed E-state index contributed by atoms with van der Waals surface area (Å²) in [5, 5.41) is 0.466. The van der Waals surface area contributed by atoms with Gasteiger partial charge >= 0.3 is 0 Å². The highest BCUT2D eigenvalue weighted by molar-refractivity contribution is 6.31. The summed E-state index contributed by atoms with van der Waals surface area (Å²) in [5.41, 5.74) is 1.80. The minimum Gasteiger partial charge on any atom is -0.376 e. The second-order valence-electron chi connectivity index (χ2n) is 4.52. The molecule has 0 spiro atoms. The molecule has 0 amide bonds. The van der Waals surface area contributed by atoms with E-state index in [2.05, 4.69) is 9.97 Å². The number of nitrogens with zero attached hydrogens (tertiary/aromatic N) is 3. The molecular formula is C12H18ClN3O. The van der Waals surface area contributed by atoms with Gasteiger partial charge in [-0.1, -0.05) is 11.6 Å². The molecule has 0 bridgehead atoms. The van der Waals surface area contributed by atoms with Gasteiger partial charge in [0.25, 0.3) is 0 Å². The number of hydrogen-bond acceptors (Lipinski definition) is 4. The van der Waals surface area contributed by atoms with Gasteiger partial charge in [-0.15, -0.1) is 0 Å². The molecule has 94 valence electrons. The number of halogens is 1. The molecule has 0 saturated carbocycles. The molecule has 4 nitrogen and oxygen atoms in total. The molecule has 1 atom stereocenters. The molecule has 2 heterocycles. The van der Waals surface area contributed by atoms with E-state index in [1.54, 1.807) is 0 Å². The molecule has 5 heteroatoms. The van der Waals surface area contributed by atoms with Crippen LogP contribution >= 0.6 is 11.6 Å². The molecule has 0 radical (unpaired) electrons. The summed E-state index contributed by atoms with van der Waals surface area (Å²) >= 11 is 6.13. The Hall–Kier alpha value is -0.870. The zero-order chi connectivity index (χ0) is 12.4. The van der Waals surface area contributed by atoms with Crippen molar-refractivity contribution < 1.29 is 4.74 Å². The van der Waals surface area contributed by atoms with Crippen LogP contribution in [0.4, 0.5) is 5.82 Å². The Kier molecular flexibility index (Phi) is 3.84. The van der Waals surface area contributed by atoms with Crippen molar-refractivity contribution in [1.82, 2.24) is 9.97 Å². The Labute approximate surface area is 107 Å². The maximum absolute atomic E-state index is 6.13. The number of ether oxygens (including phenoxy) is 1. The normalized spacial score (nSPS) is 19.6. The van der Waals surface area contributed by atoms with E-state index >= 15 is 0 Å². The number of hydrogen-bond donors (Lipinski definition) is 0. The van der Waals surface area contributed by atoms with Gasteiger partial charge in [-0.05, 0) is 26.7 Å². The average Bonchev–Trinajstić information content (AvgIpc) is 2.76. The SMILES string of the molecule is Cc1nc(Cl)c(N(C)CC2CCCO2)nc1C. The van der Waals surface area contributed by atoms with Crippen LogP contribution in [0.3, 0.4) is 0 Å². The summed E-state index contributed by atoms with van der Waals surface area (Å²) in [5.74, 6) is 0.741. The summed E-state index contributed by atoms with van der Waals surface area (Å²) in [6.07, 6.45) is 2.55. The van der Waals surface area contributed by atoms with Gasteiger partial charge in [0.1, 0.15) is 0 Å². The standard InChI is InChI=1S/C12H18ClN3O/c1-8-9(2)15-12(11(13)14-8)16(3)7-10-5-4-6-17-10/h10H,4-7H2,1-3H3. The van der Waals surface area contributed by atoms with E-state index in [4.69, 9.17) is 16.3 Å². The second-order valence-corrected chi connectivity index (χ2v) is 4.88. The minimum atomic E-state index is 0.291. The van der Waals surface area contributed by atoms with Crippen molar-refractivity contribution in [1.29, 1.82) is 0 Å². The monoisotopic (exact) mass is 255 g/mol. The van der Waals surface area contributed by atoms with Gasteiger partial charge in [-0.2, -0.15) is 0 Å². The Morgan fingerprint density at radius 1 is 1.35 bits per heavy atom. The molecule has 1 aliphatic rings. The van der Waals surface area contributed by atoms with Gasteiger partial charge in [-0.25, -0.2) is 9.97 Å². The number of rotatable bonds is 3. The van der Waals surface area contributed by atoms with E-state index in [1.807, 2.05) is 25.8 Å². The van der Waals surface area contributed by atoms with Crippen LogP contribution in [0.15, 0.2) is 0 Å². The molecule has 0 aliphatic carbocycles. The smallest absolute Gasteiger partial charge is 0.171 e. The predicted molar refractivity (Wildman–Crippen MR) is 68.8 cm³/mol. The van der Waals surface area contributed by atoms with Crippen molar-refractivity contribution in [3.63, 3.8) is 0 Å². The van der Waals surface area contributed by atoms with Crippen molar-refractivity contribution in [2.45, 2.75) is 32.8 Å². The van der Waals surface area contributed by atoms with Gasteiger partial charge in [0.2, 0.25) is 0 Å². The molecule has 1 unspecified atom stereocenters. The Morgan fingerprint density at radius 2 is 2.06 bits per heavy atom. The van der Waals surface area contributed by atoms with E-state index in [9.17, 15) is 0 Å². The summed E-state index contributed by atoms with van der Waals surface area (Å²) in [6, 6.07) is 0. The average molecular weight is 256 g/mol. The lowest BCUT2D eigenvalue weighted by molar-refractivity contribution is 0.116. The summed E-state index contributed by atoms with van der Waals surface area (Å²) in [7, 11) is 1.98. The first-order valence-electron chi connectivity index (χ1n) is 5.91. The zero-order valence-corrected chi connectivity index (χ0v) is 11.3. The Balaban J connectivity index is 2.12. The molecule has 0 aromatic carbocycles. The van der Waals surface area contributed by atoms with E-state index in [1.165, 1.54) is 0 Å². The third-order valence-electron chi connectivity index (χ3n) is 3.11. The number of aromatic nitrogens is 2. The number of aryl methyl sites for hydroxylation is 2. The van der Waals surface area contributed by atoms with Crippen molar-refractivity contribution in [3.05, 3.63) is 16.5 Å². The number of likely N-dealkylation sites (N-methyl/N-ethyl adjacent to an activating group) is 1. The predicted octanol–water partition coefficient (Wildman–Crippen LogP) is 2.36. The topological polar surface area (TPSA) is 38.2 Å². The fourth-order valence-corrected chi connectivity index (χ4v) is 2.30. The molecule has 1 saturated heterocycles. The molecule has 0 N–H and O–H groups in total. The van der Waals surface area contributed by atoms with E-state index in [0.717, 1.165) is 43.2 Å². The van der Waals surface area contributed by atoms with E-state index in [0.29, 0.717) is 11.3 Å². The third-order valence-corrected chi connectivity index (χ3v) is 3.36. The maximum atomic E-state index is 6.13. The molecular weight excluding hydrogens is 238 g/mol. The van der Waals surface area contributed by atoms with Gasteiger partial charge in [0, 0.05) is 20.2 Å². The molecule has 1 aromatic rings. The van der Waals surface area contributed by atoms with Gasteiger partial charge in [-0.3, -0.25) is 0 Å². The van der Waals surface area contributed by atoms with Crippen molar-refractivity contribution in [3.8, 4) is 0 Å². The highest BCUT2D eigenvalue weighted by Gasteiger charge is 2.20. The second kappa shape index (κ2) is 5.19. The molecule has 1 fully saturated rings. The van der Waals surface area contributed by atoms with Crippen LogP contribution in [0, 0.1) is 13.8 Å². The maximum Gasteiger partial charge on any atom is 0.171 e. The van der Waals surface area contributed by atoms with Crippen LogP contribution in [0.1, 0.15) is 24.2 Å². The van der Waals surface area contributed by atoms with E-state index in [-0.39, 0.29) is 0 Å². The lowest BCUT2D eigenvalue weighted by Crippen LogP contribution is -2.29. The lowest BCUT2D eigenvalue weighted by Gasteiger charge is -2.22. The van der Waals surface area contributed by atoms with E-state index < -0.39 is 0 Å². The number of anilines is 1. The molecule has 2 rings (SSSR count). The van der Waals surface area contributed by atoms with Crippen LogP contribution in [0.25, 0.3) is 0 Å². The fraction of sp³-hybridized carbons (Fsp3) is 0.667. The summed E-state index contributed by atoms with van der Waals surface area (Å²) < 4.78 is 5.61. The Bertz CT molecular complexity index is 405. The molecule has 1 aromatic heterocycles. The largest absolute Gasteiger partial charge is 0.376 e. The van der Waals surface area contributed by atoms with Crippen molar-refractivity contribution in [2.24, 2.45) is 0 Å². The summed E-state index contributed by atoms with van der Waals surface area (Å²) in [4.78, 5) is 10.8. The third kappa shape index (κ3) is 2.87. The quantitative estimate of drug-likeness (QED) is 0.831. The van der Waals surface area contributed by atoms with Crippen molar-refractivity contribution in [2.75, 3.05) is 25.1 Å². The highest BCUT2D eigenvalue weighted by atomic mass is 35.5. The lowest BCUT2D eigenvalue weighted by atomic mass is 10.2. The highest BCUT2D eigenvalue weighted by Crippen LogP contribution is 2.23. The van der Waals surface area contributed by atoms with Crippen molar-refractivity contribution >= 4 is 17.4 Å². The fourth-order valence-electron chi connectivity index (χ4n) is 1.99. The Morgan fingerprint density at radius 3 is 2.71 bits per heavy atom. The zero-order valence-electron chi connectivity index (χ0n) is 10.5. The van der Waals surface area contributed by atoms with Crippen LogP contribution in [0.2, 0.25) is 5.15 Å². The van der Waals surface area contributed by atoms with Gasteiger partial charge in [0.05, 0.1) is 17.5 Å². The van der Waals surface area contributed by atoms with Crippen LogP contribution in [-0.4, -0.2) is 36.3 Å². The minimum absolute atomic E-state index is 0.291. The molecule has 17 heavy (non-hydrogen) atoms. The van der Waals surface area contributed by atoms with Gasteiger partial charge in [0.15, 0.2) is 11.0 Å². The first-order chi connectivity index (χ1) is 8.08. The van der Waals surface area contributed by atoms with Crippen LogP contribution in [0.5, 0.6) is 0 Å². The van der Waals surface area contributed by atoms with Crippen LogP contribution in [-0.2, 0) is 4.74 Å². The summed E-state index contributed by atoms with van der Waals surface area (Å²) in [6.45, 7) is 5.54. The first-order valence-corrected chi connectivity index (χ1v) is 6.29. The first kappa shape index (κ1) is 12.6.